The van der Waals surface area contributed by atoms with E-state index >= 15 is 0 Å². The van der Waals surface area contributed by atoms with E-state index in [1.807, 2.05) is 140 Å². The molecule has 6 atom stereocenters. The van der Waals surface area contributed by atoms with Crippen molar-refractivity contribution >= 4 is 51.2 Å². The molecule has 2 aliphatic rings. The average molecular weight is 1280 g/mol. The molecule has 2 amide bonds. The van der Waals surface area contributed by atoms with Crippen LogP contribution in [-0.4, -0.2) is 119 Å². The predicted molar refractivity (Wildman–Crippen MR) is 344 cm³/mol. The van der Waals surface area contributed by atoms with Crippen LogP contribution < -0.4 is 18.9 Å². The molecule has 2 saturated heterocycles. The van der Waals surface area contributed by atoms with Gasteiger partial charge in [-0.2, -0.15) is 0 Å². The van der Waals surface area contributed by atoms with Crippen LogP contribution in [-0.2, 0) is 46.2 Å². The fourth-order valence-corrected chi connectivity index (χ4v) is 10.4. The summed E-state index contributed by atoms with van der Waals surface area (Å²) in [5.41, 5.74) is 2.84. The summed E-state index contributed by atoms with van der Waals surface area (Å²) in [6.45, 7) is 16.1. The van der Waals surface area contributed by atoms with E-state index in [-0.39, 0.29) is 140 Å². The molecule has 0 aliphatic carbocycles. The summed E-state index contributed by atoms with van der Waals surface area (Å²) < 4.78 is 127. The number of allylic oxidation sites excluding steroid dienone is 4. The maximum Gasteiger partial charge on any atom is 0.416 e. The van der Waals surface area contributed by atoms with Crippen LogP contribution in [0, 0.1) is 53.3 Å². The van der Waals surface area contributed by atoms with Gasteiger partial charge in [0.1, 0.15) is 12.5 Å². The van der Waals surface area contributed by atoms with E-state index in [0.717, 1.165) is 16.5 Å². The molecule has 16 heteroatoms. The number of hydrogen-bond acceptors (Lipinski definition) is 14. The Morgan fingerprint density at radius 1 is 0.598 bits per heavy atom. The van der Waals surface area contributed by atoms with E-state index in [4.69, 9.17) is 49.6 Å². The number of ketones is 3. The lowest BCUT2D eigenvalue weighted by molar-refractivity contribution is -0.146. The number of nitrogens with zero attached hydrogens (tertiary/aromatic N) is 1. The maximum absolute atomic E-state index is 13.7. The minimum Gasteiger partial charge on any atom is -0.493 e. The average Bonchev–Trinajstić information content (AvgIpc) is 1.79. The highest BCUT2D eigenvalue weighted by Crippen LogP contribution is 2.35. The maximum atomic E-state index is 13.7. The molecule has 2 unspecified atom stereocenters. The Bertz CT molecular complexity index is 3250. The molecule has 4 aromatic rings. The van der Waals surface area contributed by atoms with Crippen LogP contribution in [0.5, 0.6) is 23.0 Å². The van der Waals surface area contributed by atoms with E-state index < -0.39 is 52.0 Å². The third kappa shape index (κ3) is 23.8. The zero-order valence-electron chi connectivity index (χ0n) is 63.5. The quantitative estimate of drug-likeness (QED) is 0.0108. The smallest absolute Gasteiger partial charge is 0.416 e. The van der Waals surface area contributed by atoms with Crippen molar-refractivity contribution in [2.24, 2.45) is 53.3 Å². The molecule has 0 spiro atoms. The van der Waals surface area contributed by atoms with Gasteiger partial charge < -0.3 is 37.9 Å². The van der Waals surface area contributed by atoms with Gasteiger partial charge in [-0.3, -0.25) is 24.0 Å². The summed E-state index contributed by atoms with van der Waals surface area (Å²) >= 11 is 3.35. The fraction of sp³-hybridized carbons (Fsp3) is 0.521. The summed E-state index contributed by atoms with van der Waals surface area (Å²) in [5.74, 6) is -2.28. The number of benzene rings is 4. The second kappa shape index (κ2) is 39.3. The number of halogens is 1. The number of carbonyl (C=O) groups excluding carboxylic acids is 6. The largest absolute Gasteiger partial charge is 0.493 e. The molecule has 0 bridgehead atoms. The predicted octanol–water partition coefficient (Wildman–Crippen LogP) is 14.3. The van der Waals surface area contributed by atoms with Crippen molar-refractivity contribution in [2.75, 3.05) is 73.1 Å². The number of rotatable bonds is 34. The van der Waals surface area contributed by atoms with Crippen molar-refractivity contribution in [2.45, 2.75) is 113 Å². The highest BCUT2D eigenvalue weighted by atomic mass is 79.9. The molecule has 2 fully saturated rings. The summed E-state index contributed by atoms with van der Waals surface area (Å²) in [5, 5.41) is 0.772. The first-order valence-corrected chi connectivity index (χ1v) is 30.9. The standard InChI is InChI=1S/C35H47NO7.C20H25BrO3.C16H24O4/c1-24(2)29(33(37)27-17-18-31(41-6)32(22-27)42-20-12-19-40-5)15-10-11-16-30(25(3)4)34(38)36-28(23-43-35(36)39)21-26-13-8-7-9-14-26;1-14(2)17(10-6-7-11-21)19(22)18-16(13-24-20(18)23)12-15-8-4-3-5-9-15;1-12(2)10-14(17)13-6-7-15(19-4)16(11-13)20-9-5-8-18-3/h7-11,13-14,17-18,22,24-25,28-30H,12,15-16,19-21,23H2,1-6H3;3-9,14,16-18H,10-13H2,1-2H3;6-7,11-12H,5,8-10H2,1-4H3/b11-10+;7-6+;/t28-,29?,30-;16-,17-,18?;/m10./s1/i5D3,6D3;;3D3,4D3. The highest BCUT2D eigenvalue weighted by Gasteiger charge is 2.45. The molecule has 2 aliphatic heterocycles. The third-order valence-electron chi connectivity index (χ3n) is 15.0. The number of carbonyl (C=O) groups is 6. The number of cyclic esters (lactones) is 2. The Labute approximate surface area is 543 Å². The molecule has 0 saturated carbocycles. The van der Waals surface area contributed by atoms with Crippen LogP contribution >= 0.6 is 15.9 Å². The minimum absolute atomic E-state index is 0.000673. The monoisotopic (exact) mass is 1280 g/mol. The van der Waals surface area contributed by atoms with Gasteiger partial charge in [0.2, 0.25) is 5.91 Å². The Morgan fingerprint density at radius 2 is 1.11 bits per heavy atom. The van der Waals surface area contributed by atoms with Gasteiger partial charge in [0.15, 0.2) is 40.3 Å². The van der Waals surface area contributed by atoms with Crippen LogP contribution in [0.3, 0.4) is 0 Å². The van der Waals surface area contributed by atoms with Crippen molar-refractivity contribution in [3.63, 3.8) is 0 Å². The zero-order chi connectivity index (χ0) is 73.8. The molecular weight excluding hydrogens is 1170 g/mol. The first-order chi connectivity index (χ1) is 46.4. The van der Waals surface area contributed by atoms with Gasteiger partial charge in [0.05, 0.1) is 56.4 Å². The second-order valence-corrected chi connectivity index (χ2v) is 23.6. The molecule has 15 nitrogen and oxygen atoms in total. The SMILES string of the molecule is CC(C)[C@H](C/C=C/CBr)C(=O)C1C(=O)OC[C@@H]1Cc1ccccc1.[2H]C([2H])([2H])OCCCOc1cc(C(=O)C(C/C=C/C[C@@H](C(=O)N2C(=O)OC[C@H]2Cc2ccccc2)C(C)C)C(C)C)ccc1OC([2H])([2H])[2H].[2H]C([2H])([2H])OCCCOc1cc(C(=O)CC(C)C)ccc1OC([2H])([2H])[2H]. The highest BCUT2D eigenvalue weighted by molar-refractivity contribution is 9.09. The van der Waals surface area contributed by atoms with E-state index in [1.54, 1.807) is 0 Å². The fourth-order valence-electron chi connectivity index (χ4n) is 10.1. The Hall–Kier alpha value is -6.62. The topological polar surface area (TPSA) is 179 Å². The number of hydrogen-bond donors (Lipinski definition) is 0. The molecule has 0 N–H and O–H groups in total. The molecule has 0 aromatic heterocycles. The van der Waals surface area contributed by atoms with Gasteiger partial charge in [-0.25, -0.2) is 9.69 Å². The van der Waals surface area contributed by atoms with E-state index in [2.05, 4.69) is 20.7 Å². The first kappa shape index (κ1) is 55.7. The lowest BCUT2D eigenvalue weighted by Gasteiger charge is -2.26. The van der Waals surface area contributed by atoms with E-state index in [9.17, 15) is 28.8 Å². The molecule has 476 valence electrons. The Kier molecular flexibility index (Phi) is 25.2. The van der Waals surface area contributed by atoms with Gasteiger partial charge in [0, 0.05) is 86.7 Å². The third-order valence-corrected chi connectivity index (χ3v) is 15.3. The second-order valence-electron chi connectivity index (χ2n) is 23.0. The minimum atomic E-state index is -2.76. The van der Waals surface area contributed by atoms with Crippen LogP contribution in [0.1, 0.15) is 142 Å². The number of Topliss-reactive ketones (excluding diaryl/α,β-unsaturated/α-hetero) is 3. The van der Waals surface area contributed by atoms with Gasteiger partial charge in [0.25, 0.3) is 0 Å². The number of imide groups is 1. The van der Waals surface area contributed by atoms with Crippen LogP contribution in [0.25, 0.3) is 0 Å². The summed E-state index contributed by atoms with van der Waals surface area (Å²) in [6.07, 6.45) is 10.6. The van der Waals surface area contributed by atoms with Crippen molar-refractivity contribution in [1.29, 1.82) is 0 Å². The Balaban J connectivity index is 0.000000349. The van der Waals surface area contributed by atoms with E-state index in [0.29, 0.717) is 56.3 Å². The molecule has 0 radical (unpaired) electrons. The van der Waals surface area contributed by atoms with Gasteiger partial charge in [-0.15, -0.1) is 0 Å². The number of ether oxygens (including phenoxy) is 8. The first-order valence-electron chi connectivity index (χ1n) is 35.8. The lowest BCUT2D eigenvalue weighted by Crippen LogP contribution is -2.44. The molecule has 2 heterocycles. The van der Waals surface area contributed by atoms with Crippen LogP contribution in [0.2, 0.25) is 0 Å². The van der Waals surface area contributed by atoms with Crippen molar-refractivity contribution < 1.29 is 83.1 Å². The van der Waals surface area contributed by atoms with Gasteiger partial charge in [-0.1, -0.05) is 156 Å². The Morgan fingerprint density at radius 3 is 1.64 bits per heavy atom. The van der Waals surface area contributed by atoms with Gasteiger partial charge in [-0.05, 0) is 103 Å². The van der Waals surface area contributed by atoms with Gasteiger partial charge >= 0.3 is 12.1 Å². The lowest BCUT2D eigenvalue weighted by atomic mass is 9.77. The molecule has 87 heavy (non-hydrogen) atoms. The summed E-state index contributed by atoms with van der Waals surface area (Å²) in [4.78, 5) is 78.8. The number of alkyl halides is 1. The van der Waals surface area contributed by atoms with Crippen molar-refractivity contribution in [3.8, 4) is 23.0 Å². The van der Waals surface area contributed by atoms with Crippen molar-refractivity contribution in [1.82, 2.24) is 4.90 Å². The van der Waals surface area contributed by atoms with Crippen LogP contribution in [0.15, 0.2) is 121 Å². The zero-order valence-corrected chi connectivity index (χ0v) is 53.1. The normalized spacial score (nSPS) is 19.3. The molecule has 6 rings (SSSR count). The van der Waals surface area contributed by atoms with Crippen LogP contribution in [0.4, 0.5) is 4.79 Å². The molecule has 4 aromatic carbocycles. The van der Waals surface area contributed by atoms with Crippen molar-refractivity contribution in [3.05, 3.63) is 144 Å². The number of methoxy groups -OCH3 is 4. The number of esters is 1. The summed E-state index contributed by atoms with van der Waals surface area (Å²) in [6, 6.07) is 27.9. The van der Waals surface area contributed by atoms with E-state index in [1.165, 1.54) is 41.3 Å². The molecular formula is C71H96BrNO14. The number of amides is 2. The summed E-state index contributed by atoms with van der Waals surface area (Å²) in [7, 11) is -10.4.